The molecule has 0 N–H and O–H groups in total. The summed E-state index contributed by atoms with van der Waals surface area (Å²) in [6.07, 6.45) is 7.20. The van der Waals surface area contributed by atoms with E-state index in [9.17, 15) is 4.79 Å². The quantitative estimate of drug-likeness (QED) is 0.799. The molecule has 4 nitrogen and oxygen atoms in total. The predicted octanol–water partition coefficient (Wildman–Crippen LogP) is 3.11. The van der Waals surface area contributed by atoms with E-state index in [1.807, 2.05) is 12.1 Å². The van der Waals surface area contributed by atoms with Crippen LogP contribution in [0.5, 0.6) is 5.75 Å². The third kappa shape index (κ3) is 3.94. The van der Waals surface area contributed by atoms with Crippen molar-refractivity contribution in [1.82, 2.24) is 9.80 Å². The summed E-state index contributed by atoms with van der Waals surface area (Å²) in [7, 11) is 3.34. The largest absolute Gasteiger partial charge is 0.414 e. The van der Waals surface area contributed by atoms with E-state index in [0.717, 1.165) is 19.4 Å². The monoisotopic (exact) mass is 322 g/mol. The van der Waals surface area contributed by atoms with E-state index in [1.54, 1.807) is 14.1 Å². The van der Waals surface area contributed by atoms with Gasteiger partial charge in [-0.15, -0.1) is 18.8 Å². The van der Waals surface area contributed by atoms with Crippen molar-refractivity contribution in [2.75, 3.05) is 27.2 Å². The Morgan fingerprint density at radius 2 is 2.18 bits per heavy atom. The van der Waals surface area contributed by atoms with Crippen LogP contribution < -0.4 is 4.74 Å². The Bertz CT molecular complexity index is 566. The number of nitrogens with zero attached hydrogens (tertiary/aromatic N) is 2. The summed E-state index contributed by atoms with van der Waals surface area (Å²) in [4.78, 5) is 15.4. The van der Waals surface area contributed by atoms with Crippen molar-refractivity contribution in [3.63, 3.8) is 0 Å². The summed E-state index contributed by atoms with van der Waals surface area (Å²) in [5, 5.41) is 0. The highest BCUT2D eigenvalue weighted by Crippen LogP contribution is 2.37. The van der Waals surface area contributed by atoms with Crippen molar-refractivity contribution in [2.24, 2.45) is 0 Å². The van der Waals surface area contributed by atoms with Gasteiger partial charge in [-0.25, -0.2) is 4.79 Å². The van der Waals surface area contributed by atoms with E-state index in [2.05, 4.69) is 23.8 Å². The zero-order valence-corrected chi connectivity index (χ0v) is 14.2. The molecule has 0 aliphatic heterocycles. The number of hydrogen-bond acceptors (Lipinski definition) is 3. The molecule has 2 rings (SSSR count). The SMILES string of the molecule is C#CCN(CC)C1CCc2ccc(OC(=O)N(C)C)cc21.Cl. The van der Waals surface area contributed by atoms with Gasteiger partial charge in [-0.05, 0) is 42.6 Å². The summed E-state index contributed by atoms with van der Waals surface area (Å²) in [6.45, 7) is 3.67. The lowest BCUT2D eigenvalue weighted by atomic mass is 10.1. The highest BCUT2D eigenvalue weighted by Gasteiger charge is 2.27. The van der Waals surface area contributed by atoms with Crippen LogP contribution in [0.15, 0.2) is 18.2 Å². The third-order valence-electron chi connectivity index (χ3n) is 3.88. The molecule has 1 atom stereocenters. The van der Waals surface area contributed by atoms with Crippen molar-refractivity contribution in [2.45, 2.75) is 25.8 Å². The van der Waals surface area contributed by atoms with Crippen LogP contribution in [0.25, 0.3) is 0 Å². The Kier molecular flexibility index (Phi) is 6.73. The first-order valence-corrected chi connectivity index (χ1v) is 7.26. The number of terminal acetylenes is 1. The lowest BCUT2D eigenvalue weighted by Crippen LogP contribution is -2.28. The smallest absolute Gasteiger partial charge is 0.410 e. The Labute approximate surface area is 138 Å². The molecule has 1 aliphatic rings. The topological polar surface area (TPSA) is 32.8 Å². The van der Waals surface area contributed by atoms with Gasteiger partial charge in [0.2, 0.25) is 0 Å². The van der Waals surface area contributed by atoms with Gasteiger partial charge in [0.25, 0.3) is 0 Å². The van der Waals surface area contributed by atoms with E-state index in [1.165, 1.54) is 16.0 Å². The molecule has 0 saturated heterocycles. The maximum atomic E-state index is 11.7. The normalized spacial score (nSPS) is 15.7. The van der Waals surface area contributed by atoms with Gasteiger partial charge in [0.05, 0.1) is 6.54 Å². The molecule has 0 fully saturated rings. The van der Waals surface area contributed by atoms with Crippen LogP contribution in [0, 0.1) is 12.3 Å². The molecule has 22 heavy (non-hydrogen) atoms. The van der Waals surface area contributed by atoms with Gasteiger partial charge in [-0.2, -0.15) is 0 Å². The van der Waals surface area contributed by atoms with Crippen molar-refractivity contribution < 1.29 is 9.53 Å². The van der Waals surface area contributed by atoms with Crippen LogP contribution in [0.1, 0.15) is 30.5 Å². The average molecular weight is 323 g/mol. The van der Waals surface area contributed by atoms with Crippen LogP contribution in [0.4, 0.5) is 4.79 Å². The molecule has 1 unspecified atom stereocenters. The summed E-state index contributed by atoms with van der Waals surface area (Å²) in [5.41, 5.74) is 2.55. The number of benzene rings is 1. The fourth-order valence-electron chi connectivity index (χ4n) is 2.75. The second kappa shape index (κ2) is 8.07. The molecule has 5 heteroatoms. The van der Waals surface area contributed by atoms with Crippen LogP contribution in [-0.2, 0) is 6.42 Å². The van der Waals surface area contributed by atoms with Crippen LogP contribution in [0.3, 0.4) is 0 Å². The Hall–Kier alpha value is -1.70. The number of ether oxygens (including phenoxy) is 1. The molecule has 0 radical (unpaired) electrons. The van der Waals surface area contributed by atoms with E-state index in [0.29, 0.717) is 18.3 Å². The molecule has 1 aromatic rings. The molecule has 1 aliphatic carbocycles. The molecule has 0 spiro atoms. The predicted molar refractivity (Wildman–Crippen MR) is 90.5 cm³/mol. The molecular weight excluding hydrogens is 300 g/mol. The molecule has 1 amide bonds. The van der Waals surface area contributed by atoms with Gasteiger partial charge < -0.3 is 9.64 Å². The minimum atomic E-state index is -0.361. The minimum Gasteiger partial charge on any atom is -0.410 e. The highest BCUT2D eigenvalue weighted by molar-refractivity contribution is 5.85. The molecule has 0 bridgehead atoms. The second-order valence-corrected chi connectivity index (χ2v) is 5.44. The number of halogens is 1. The van der Waals surface area contributed by atoms with Crippen molar-refractivity contribution in [3.05, 3.63) is 29.3 Å². The van der Waals surface area contributed by atoms with E-state index in [4.69, 9.17) is 11.2 Å². The van der Waals surface area contributed by atoms with Gasteiger partial charge in [0.1, 0.15) is 5.75 Å². The number of carbonyl (C=O) groups is 1. The standard InChI is InChI=1S/C17H22N2O2.ClH/c1-5-11-19(6-2)16-10-8-13-7-9-14(12-15(13)16)21-17(20)18(3)4;/h1,7,9,12,16H,6,8,10-11H2,2-4H3;1H. The first-order valence-electron chi connectivity index (χ1n) is 7.26. The Morgan fingerprint density at radius 1 is 1.45 bits per heavy atom. The van der Waals surface area contributed by atoms with Crippen molar-refractivity contribution in [1.29, 1.82) is 0 Å². The number of hydrogen-bond donors (Lipinski definition) is 0. The molecule has 0 saturated carbocycles. The number of fused-ring (bicyclic) bond motifs is 1. The van der Waals surface area contributed by atoms with Crippen molar-refractivity contribution >= 4 is 18.5 Å². The zero-order chi connectivity index (χ0) is 15.4. The Balaban J connectivity index is 0.00000242. The molecular formula is C17H23ClN2O2. The molecule has 1 aromatic carbocycles. The highest BCUT2D eigenvalue weighted by atomic mass is 35.5. The van der Waals surface area contributed by atoms with Gasteiger partial charge in [-0.3, -0.25) is 4.90 Å². The minimum absolute atomic E-state index is 0. The summed E-state index contributed by atoms with van der Waals surface area (Å²) in [6, 6.07) is 6.21. The van der Waals surface area contributed by atoms with Crippen LogP contribution in [0.2, 0.25) is 0 Å². The van der Waals surface area contributed by atoms with Gasteiger partial charge in [0, 0.05) is 20.1 Å². The van der Waals surface area contributed by atoms with Crippen molar-refractivity contribution in [3.8, 4) is 18.1 Å². The van der Waals surface area contributed by atoms with Gasteiger partial charge in [0.15, 0.2) is 0 Å². The number of amides is 1. The van der Waals surface area contributed by atoms with E-state index >= 15 is 0 Å². The van der Waals surface area contributed by atoms with Crippen LogP contribution >= 0.6 is 12.4 Å². The summed E-state index contributed by atoms with van der Waals surface area (Å²) in [5.74, 6) is 3.32. The second-order valence-electron chi connectivity index (χ2n) is 5.44. The zero-order valence-electron chi connectivity index (χ0n) is 13.3. The Morgan fingerprint density at radius 3 is 2.77 bits per heavy atom. The lowest BCUT2D eigenvalue weighted by Gasteiger charge is -2.26. The fourth-order valence-corrected chi connectivity index (χ4v) is 2.75. The molecule has 0 aromatic heterocycles. The lowest BCUT2D eigenvalue weighted by molar-refractivity contribution is 0.171. The summed E-state index contributed by atoms with van der Waals surface area (Å²) >= 11 is 0. The number of aryl methyl sites for hydroxylation is 1. The maximum Gasteiger partial charge on any atom is 0.414 e. The van der Waals surface area contributed by atoms with Crippen LogP contribution in [-0.4, -0.2) is 43.1 Å². The number of carbonyl (C=O) groups excluding carboxylic acids is 1. The van der Waals surface area contributed by atoms with E-state index in [-0.39, 0.29) is 18.5 Å². The summed E-state index contributed by atoms with van der Waals surface area (Å²) < 4.78 is 5.35. The van der Waals surface area contributed by atoms with E-state index < -0.39 is 0 Å². The number of rotatable bonds is 4. The van der Waals surface area contributed by atoms with Gasteiger partial charge >= 0.3 is 6.09 Å². The molecule has 0 heterocycles. The molecule has 120 valence electrons. The average Bonchev–Trinajstić information content (AvgIpc) is 2.87. The third-order valence-corrected chi connectivity index (χ3v) is 3.88. The van der Waals surface area contributed by atoms with Gasteiger partial charge in [-0.1, -0.05) is 18.9 Å². The first-order chi connectivity index (χ1) is 10.1. The fraction of sp³-hybridized carbons (Fsp3) is 0.471. The maximum absolute atomic E-state index is 11.7. The first kappa shape index (κ1) is 18.3.